The van der Waals surface area contributed by atoms with Crippen LogP contribution >= 0.6 is 0 Å². The molecule has 1 heterocycles. The molecule has 4 bridgehead atoms. The number of fused-ring (bicyclic) bond motifs is 2. The second kappa shape index (κ2) is 4.52. The predicted molar refractivity (Wildman–Crippen MR) is 83.7 cm³/mol. The zero-order valence-corrected chi connectivity index (χ0v) is 13.0. The Balaban J connectivity index is 1.36. The van der Waals surface area contributed by atoms with E-state index in [4.69, 9.17) is 4.74 Å². The van der Waals surface area contributed by atoms with Crippen LogP contribution in [0.5, 0.6) is 0 Å². The largest absolute Gasteiger partial charge is 0.461 e. The number of carbonyl (C=O) groups excluding carboxylic acids is 1. The standard InChI is InChI=1S/C19H17F2NO2/c20-19(21)13-5-6-14-15(8-13)18(14,19)10-24-17(23)12-7-11-3-1-2-4-16(11)22-9-12/h1-4,7,9,13-15H,5-6,8,10H2. The van der Waals surface area contributed by atoms with Crippen molar-refractivity contribution in [1.29, 1.82) is 0 Å². The number of ether oxygens (including phenoxy) is 1. The first kappa shape index (κ1) is 14.3. The van der Waals surface area contributed by atoms with Gasteiger partial charge in [0.05, 0.1) is 16.5 Å². The van der Waals surface area contributed by atoms with Crippen LogP contribution in [0.25, 0.3) is 10.9 Å². The lowest BCUT2D eigenvalue weighted by atomic mass is 9.78. The summed E-state index contributed by atoms with van der Waals surface area (Å²) in [6.45, 7) is -0.169. The van der Waals surface area contributed by atoms with Crippen LogP contribution in [0.1, 0.15) is 29.6 Å². The van der Waals surface area contributed by atoms with Crippen molar-refractivity contribution >= 4 is 16.9 Å². The summed E-state index contributed by atoms with van der Waals surface area (Å²) >= 11 is 0. The van der Waals surface area contributed by atoms with Gasteiger partial charge in [-0.3, -0.25) is 4.98 Å². The first-order valence-corrected chi connectivity index (χ1v) is 8.44. The number of carbonyl (C=O) groups is 1. The van der Waals surface area contributed by atoms with E-state index < -0.39 is 23.2 Å². The van der Waals surface area contributed by atoms with Gasteiger partial charge in [-0.05, 0) is 43.2 Å². The number of halogens is 2. The molecule has 124 valence electrons. The lowest BCUT2D eigenvalue weighted by molar-refractivity contribution is -0.142. The van der Waals surface area contributed by atoms with Crippen LogP contribution in [-0.2, 0) is 4.74 Å². The van der Waals surface area contributed by atoms with E-state index in [1.165, 1.54) is 6.20 Å². The fraction of sp³-hybridized carbons (Fsp3) is 0.474. The van der Waals surface area contributed by atoms with Crippen LogP contribution < -0.4 is 0 Å². The number of rotatable bonds is 3. The first-order valence-electron chi connectivity index (χ1n) is 8.44. The van der Waals surface area contributed by atoms with Gasteiger partial charge in [-0.2, -0.15) is 0 Å². The molecule has 2 aromatic rings. The van der Waals surface area contributed by atoms with E-state index in [0.29, 0.717) is 18.4 Å². The predicted octanol–water partition coefficient (Wildman–Crippen LogP) is 4.07. The molecule has 4 fully saturated rings. The molecule has 1 aromatic carbocycles. The molecule has 0 N–H and O–H groups in total. The zero-order valence-electron chi connectivity index (χ0n) is 13.0. The minimum atomic E-state index is -2.69. The number of esters is 1. The summed E-state index contributed by atoms with van der Waals surface area (Å²) in [7, 11) is 0. The van der Waals surface area contributed by atoms with Gasteiger partial charge in [0.1, 0.15) is 6.61 Å². The highest BCUT2D eigenvalue weighted by molar-refractivity contribution is 5.93. The van der Waals surface area contributed by atoms with Crippen molar-refractivity contribution < 1.29 is 18.3 Å². The molecule has 3 nitrogen and oxygen atoms in total. The van der Waals surface area contributed by atoms with E-state index in [-0.39, 0.29) is 18.4 Å². The normalized spacial score (nSPS) is 35.0. The lowest BCUT2D eigenvalue weighted by Gasteiger charge is -2.35. The summed E-state index contributed by atoms with van der Waals surface area (Å²) in [5.41, 5.74) is 0.0128. The zero-order chi connectivity index (χ0) is 16.5. The molecule has 6 rings (SSSR count). The monoisotopic (exact) mass is 329 g/mol. The summed E-state index contributed by atoms with van der Waals surface area (Å²) in [6, 6.07) is 9.15. The summed E-state index contributed by atoms with van der Waals surface area (Å²) < 4.78 is 34.5. The SMILES string of the molecule is O=C(OCC12C3CCC(CC31)C2(F)F)c1cnc2ccccc2c1. The van der Waals surface area contributed by atoms with Crippen LogP contribution in [0.3, 0.4) is 0 Å². The fourth-order valence-electron chi connectivity index (χ4n) is 5.21. The number of hydrogen-bond acceptors (Lipinski definition) is 3. The summed E-state index contributed by atoms with van der Waals surface area (Å²) in [4.78, 5) is 16.5. The molecule has 4 saturated carbocycles. The highest BCUT2D eigenvalue weighted by atomic mass is 19.3. The molecule has 24 heavy (non-hydrogen) atoms. The Hall–Kier alpha value is -2.04. The van der Waals surface area contributed by atoms with Crippen molar-refractivity contribution in [3.63, 3.8) is 0 Å². The smallest absolute Gasteiger partial charge is 0.339 e. The highest BCUT2D eigenvalue weighted by Gasteiger charge is 2.85. The first-order chi connectivity index (χ1) is 11.5. The van der Waals surface area contributed by atoms with Crippen molar-refractivity contribution in [3.05, 3.63) is 42.1 Å². The van der Waals surface area contributed by atoms with E-state index in [1.54, 1.807) is 6.07 Å². The molecule has 5 heteroatoms. The van der Waals surface area contributed by atoms with Crippen LogP contribution in [0.15, 0.2) is 36.5 Å². The molecule has 4 aliphatic carbocycles. The molecule has 0 saturated heterocycles. The van der Waals surface area contributed by atoms with Gasteiger partial charge in [0.25, 0.3) is 5.92 Å². The molecule has 0 radical (unpaired) electrons. The van der Waals surface area contributed by atoms with Crippen LogP contribution in [0, 0.1) is 23.2 Å². The quantitative estimate of drug-likeness (QED) is 0.797. The molecule has 0 spiro atoms. The number of pyridine rings is 1. The Bertz CT molecular complexity index is 846. The minimum absolute atomic E-state index is 0.0278. The van der Waals surface area contributed by atoms with Crippen LogP contribution in [0.2, 0.25) is 0 Å². The average Bonchev–Trinajstić information content (AvgIpc) is 3.22. The summed E-state index contributed by atoms with van der Waals surface area (Å²) in [5.74, 6) is -3.71. The number of hydrogen-bond donors (Lipinski definition) is 0. The molecular weight excluding hydrogens is 312 g/mol. The Kier molecular flexibility index (Phi) is 2.70. The maximum Gasteiger partial charge on any atom is 0.339 e. The highest BCUT2D eigenvalue weighted by Crippen LogP contribution is 2.81. The van der Waals surface area contributed by atoms with Crippen molar-refractivity contribution in [2.24, 2.45) is 23.2 Å². The van der Waals surface area contributed by atoms with E-state index in [9.17, 15) is 13.6 Å². The van der Waals surface area contributed by atoms with Gasteiger partial charge in [-0.25, -0.2) is 13.6 Å². The topological polar surface area (TPSA) is 39.2 Å². The molecule has 0 amide bonds. The van der Waals surface area contributed by atoms with Gasteiger partial charge in [0, 0.05) is 17.5 Å². The van der Waals surface area contributed by atoms with E-state index >= 15 is 0 Å². The van der Waals surface area contributed by atoms with Crippen molar-refractivity contribution in [2.75, 3.05) is 6.61 Å². The molecular formula is C19H17F2NO2. The summed E-state index contributed by atoms with van der Waals surface area (Å²) in [6.07, 6.45) is 3.50. The number of alkyl halides is 2. The lowest BCUT2D eigenvalue weighted by Crippen LogP contribution is -2.42. The second-order valence-electron chi connectivity index (χ2n) is 7.38. The minimum Gasteiger partial charge on any atom is -0.461 e. The average molecular weight is 329 g/mol. The molecule has 4 unspecified atom stereocenters. The second-order valence-corrected chi connectivity index (χ2v) is 7.38. The summed E-state index contributed by atoms with van der Waals surface area (Å²) in [5, 5.41) is 0.833. The molecule has 4 atom stereocenters. The number of nitrogens with zero attached hydrogens (tertiary/aromatic N) is 1. The number of para-hydroxylation sites is 1. The Morgan fingerprint density at radius 2 is 2.08 bits per heavy atom. The molecule has 1 aromatic heterocycles. The van der Waals surface area contributed by atoms with E-state index in [1.807, 2.05) is 24.3 Å². The van der Waals surface area contributed by atoms with Crippen LogP contribution in [0.4, 0.5) is 8.78 Å². The molecule has 0 aliphatic heterocycles. The van der Waals surface area contributed by atoms with E-state index in [2.05, 4.69) is 4.98 Å². The Morgan fingerprint density at radius 3 is 2.83 bits per heavy atom. The Morgan fingerprint density at radius 1 is 1.25 bits per heavy atom. The van der Waals surface area contributed by atoms with Crippen LogP contribution in [-0.4, -0.2) is 23.5 Å². The van der Waals surface area contributed by atoms with Crippen molar-refractivity contribution in [3.8, 4) is 0 Å². The maximum absolute atomic E-state index is 14.6. The van der Waals surface area contributed by atoms with Gasteiger partial charge in [-0.15, -0.1) is 0 Å². The van der Waals surface area contributed by atoms with Gasteiger partial charge < -0.3 is 4.74 Å². The molecule has 4 aliphatic rings. The third kappa shape index (κ3) is 1.65. The number of aromatic nitrogens is 1. The maximum atomic E-state index is 14.6. The third-order valence-electron chi connectivity index (χ3n) is 6.47. The van der Waals surface area contributed by atoms with Gasteiger partial charge in [0.15, 0.2) is 0 Å². The van der Waals surface area contributed by atoms with Gasteiger partial charge in [0.2, 0.25) is 0 Å². The van der Waals surface area contributed by atoms with Crippen molar-refractivity contribution in [1.82, 2.24) is 4.98 Å². The van der Waals surface area contributed by atoms with Gasteiger partial charge >= 0.3 is 5.97 Å². The fourth-order valence-corrected chi connectivity index (χ4v) is 5.21. The number of benzene rings is 1. The van der Waals surface area contributed by atoms with Crippen molar-refractivity contribution in [2.45, 2.75) is 25.2 Å². The van der Waals surface area contributed by atoms with E-state index in [0.717, 1.165) is 17.3 Å². The van der Waals surface area contributed by atoms with Gasteiger partial charge in [-0.1, -0.05) is 18.2 Å². The third-order valence-corrected chi connectivity index (χ3v) is 6.47. The Labute approximate surface area is 138 Å².